The summed E-state index contributed by atoms with van der Waals surface area (Å²) in [6.45, 7) is 4.89. The highest BCUT2D eigenvalue weighted by Crippen LogP contribution is 2.21. The Morgan fingerprint density at radius 2 is 1.41 bits per heavy atom. The normalized spacial score (nSPS) is 12.4. The van der Waals surface area contributed by atoms with Crippen LogP contribution in [-0.4, -0.2) is 37.4 Å². The maximum atomic E-state index is 12.7. The van der Waals surface area contributed by atoms with Gasteiger partial charge >= 0.3 is 5.97 Å². The van der Waals surface area contributed by atoms with Crippen molar-refractivity contribution in [2.45, 2.75) is 90.6 Å². The molecule has 1 atom stereocenters. The lowest BCUT2D eigenvalue weighted by atomic mass is 10.0. The van der Waals surface area contributed by atoms with Crippen molar-refractivity contribution in [1.29, 1.82) is 0 Å². The number of rotatable bonds is 17. The smallest absolute Gasteiger partial charge is 0.367 e. The van der Waals surface area contributed by atoms with Crippen LogP contribution in [0.15, 0.2) is 54.6 Å². The Kier molecular flexibility index (Phi) is 12.8. The molecule has 0 aliphatic heterocycles. The van der Waals surface area contributed by atoms with Crippen molar-refractivity contribution in [3.8, 4) is 5.75 Å². The van der Waals surface area contributed by atoms with Gasteiger partial charge in [-0.25, -0.2) is 4.79 Å². The quantitative estimate of drug-likeness (QED) is 0.106. The summed E-state index contributed by atoms with van der Waals surface area (Å²) in [6.07, 6.45) is 12.9. The summed E-state index contributed by atoms with van der Waals surface area (Å²) >= 11 is 0. The van der Waals surface area contributed by atoms with E-state index in [-0.39, 0.29) is 18.8 Å². The summed E-state index contributed by atoms with van der Waals surface area (Å²) in [5.41, 5.74) is 2.39. The number of ether oxygens (including phenoxy) is 2. The Hall–Kier alpha value is -2.33. The molecule has 2 aromatic rings. The Morgan fingerprint density at radius 3 is 2.09 bits per heavy atom. The highest BCUT2D eigenvalue weighted by molar-refractivity contribution is 5.74. The molecule has 0 aromatic heterocycles. The van der Waals surface area contributed by atoms with Crippen LogP contribution in [0.1, 0.15) is 82.8 Å². The minimum atomic E-state index is -0.291. The fourth-order valence-electron chi connectivity index (χ4n) is 4.23. The Labute approximate surface area is 207 Å². The number of hydrogen-bond donors (Lipinski definition) is 0. The van der Waals surface area contributed by atoms with Gasteiger partial charge in [-0.05, 0) is 31.4 Å². The predicted octanol–water partition coefficient (Wildman–Crippen LogP) is 7.30. The van der Waals surface area contributed by atoms with Gasteiger partial charge in [-0.15, -0.1) is 0 Å². The second kappa shape index (κ2) is 15.5. The standard InChI is InChI=1S/C30H46NO3/c1-5-6-7-8-9-10-11-12-16-21-28-22-17-18-23-29(28)33-25-34-30(32)26(2)31(3,4)24-27-19-14-13-15-20-27/h13-15,17-20,22-23,26H,5-12,16,21,24-25H2,1-4H3/q+1. The van der Waals surface area contributed by atoms with Crippen molar-refractivity contribution in [3.63, 3.8) is 0 Å². The molecule has 0 saturated heterocycles. The number of carbonyl (C=O) groups excluding carboxylic acids is 1. The van der Waals surface area contributed by atoms with Crippen molar-refractivity contribution in [2.24, 2.45) is 0 Å². The van der Waals surface area contributed by atoms with Crippen LogP contribution in [0.4, 0.5) is 0 Å². The van der Waals surface area contributed by atoms with Crippen LogP contribution in [-0.2, 0) is 22.5 Å². The second-order valence-electron chi connectivity index (χ2n) is 10.0. The first-order valence-corrected chi connectivity index (χ1v) is 13.2. The third-order valence-corrected chi connectivity index (χ3v) is 6.76. The molecular formula is C30H46NO3+. The average molecular weight is 469 g/mol. The molecule has 0 radical (unpaired) electrons. The lowest BCUT2D eigenvalue weighted by Gasteiger charge is -2.34. The topological polar surface area (TPSA) is 35.5 Å². The van der Waals surface area contributed by atoms with Crippen molar-refractivity contribution >= 4 is 5.97 Å². The highest BCUT2D eigenvalue weighted by atomic mass is 16.7. The Bertz CT molecular complexity index is 819. The maximum Gasteiger partial charge on any atom is 0.367 e. The van der Waals surface area contributed by atoms with Gasteiger partial charge in [0.25, 0.3) is 0 Å². The fraction of sp³-hybridized carbons (Fsp3) is 0.567. The van der Waals surface area contributed by atoms with Gasteiger partial charge in [-0.3, -0.25) is 0 Å². The van der Waals surface area contributed by atoms with Crippen LogP contribution in [0, 0.1) is 0 Å². The van der Waals surface area contributed by atoms with Gasteiger partial charge in [0.15, 0.2) is 6.04 Å². The number of benzene rings is 2. The van der Waals surface area contributed by atoms with Gasteiger partial charge in [0.1, 0.15) is 12.3 Å². The fourth-order valence-corrected chi connectivity index (χ4v) is 4.23. The van der Waals surface area contributed by atoms with Gasteiger partial charge in [0, 0.05) is 5.56 Å². The van der Waals surface area contributed by atoms with Gasteiger partial charge in [-0.1, -0.05) is 107 Å². The third kappa shape index (κ3) is 10.3. The van der Waals surface area contributed by atoms with Crippen LogP contribution in [0.5, 0.6) is 5.75 Å². The molecule has 4 nitrogen and oxygen atoms in total. The second-order valence-corrected chi connectivity index (χ2v) is 10.0. The van der Waals surface area contributed by atoms with Crippen molar-refractivity contribution in [2.75, 3.05) is 20.9 Å². The molecule has 0 saturated carbocycles. The minimum absolute atomic E-state index is 0.0523. The summed E-state index contributed by atoms with van der Waals surface area (Å²) in [7, 11) is 4.11. The number of nitrogens with zero attached hydrogens (tertiary/aromatic N) is 1. The van der Waals surface area contributed by atoms with E-state index >= 15 is 0 Å². The molecular weight excluding hydrogens is 422 g/mol. The van der Waals surface area contributed by atoms with E-state index in [2.05, 4.69) is 39.2 Å². The zero-order valence-corrected chi connectivity index (χ0v) is 21.9. The van der Waals surface area contributed by atoms with Crippen LogP contribution in [0.2, 0.25) is 0 Å². The van der Waals surface area contributed by atoms with Gasteiger partial charge in [-0.2, -0.15) is 0 Å². The molecule has 0 heterocycles. The number of hydrogen-bond acceptors (Lipinski definition) is 3. The van der Waals surface area contributed by atoms with Crippen LogP contribution in [0.3, 0.4) is 0 Å². The number of para-hydroxylation sites is 1. The maximum absolute atomic E-state index is 12.7. The first-order chi connectivity index (χ1) is 16.4. The summed E-state index contributed by atoms with van der Waals surface area (Å²) < 4.78 is 11.9. The van der Waals surface area contributed by atoms with Gasteiger partial charge in [0.05, 0.1) is 14.1 Å². The molecule has 0 aliphatic carbocycles. The zero-order valence-electron chi connectivity index (χ0n) is 21.9. The number of likely N-dealkylation sites (N-methyl/N-ethyl adjacent to an activating group) is 1. The van der Waals surface area contributed by atoms with E-state index < -0.39 is 0 Å². The number of quaternary nitrogens is 1. The summed E-state index contributed by atoms with van der Waals surface area (Å²) in [5, 5.41) is 0. The van der Waals surface area contributed by atoms with E-state index in [9.17, 15) is 4.79 Å². The van der Waals surface area contributed by atoms with Gasteiger partial charge in [0.2, 0.25) is 6.79 Å². The van der Waals surface area contributed by atoms with Crippen molar-refractivity contribution in [1.82, 2.24) is 0 Å². The van der Waals surface area contributed by atoms with Crippen LogP contribution < -0.4 is 4.74 Å². The molecule has 2 rings (SSSR count). The SMILES string of the molecule is CCCCCCCCCCCc1ccccc1OCOC(=O)C(C)[N+](C)(C)Cc1ccccc1. The summed E-state index contributed by atoms with van der Waals surface area (Å²) in [4.78, 5) is 12.7. The summed E-state index contributed by atoms with van der Waals surface area (Å²) in [6, 6.07) is 18.0. The van der Waals surface area contributed by atoms with E-state index in [0.717, 1.165) is 25.1 Å². The predicted molar refractivity (Wildman–Crippen MR) is 141 cm³/mol. The van der Waals surface area contributed by atoms with E-state index in [1.54, 1.807) is 0 Å². The molecule has 188 valence electrons. The van der Waals surface area contributed by atoms with E-state index in [4.69, 9.17) is 9.47 Å². The molecule has 1 unspecified atom stereocenters. The molecule has 0 N–H and O–H groups in total. The zero-order chi connectivity index (χ0) is 24.7. The molecule has 0 spiro atoms. The first kappa shape index (κ1) is 27.9. The molecule has 34 heavy (non-hydrogen) atoms. The monoisotopic (exact) mass is 468 g/mol. The largest absolute Gasteiger partial charge is 0.457 e. The lowest BCUT2D eigenvalue weighted by Crippen LogP contribution is -2.51. The van der Waals surface area contributed by atoms with Gasteiger partial charge < -0.3 is 14.0 Å². The molecule has 4 heteroatoms. The molecule has 2 aromatic carbocycles. The molecule has 0 bridgehead atoms. The average Bonchev–Trinajstić information content (AvgIpc) is 2.83. The number of esters is 1. The molecule has 0 amide bonds. The minimum Gasteiger partial charge on any atom is -0.457 e. The number of aryl methyl sites for hydroxylation is 1. The molecule has 0 aliphatic rings. The Morgan fingerprint density at radius 1 is 0.824 bits per heavy atom. The van der Waals surface area contributed by atoms with Crippen molar-refractivity contribution in [3.05, 3.63) is 65.7 Å². The molecule has 0 fully saturated rings. The highest BCUT2D eigenvalue weighted by Gasteiger charge is 2.32. The van der Waals surface area contributed by atoms with Crippen LogP contribution in [0.25, 0.3) is 0 Å². The first-order valence-electron chi connectivity index (χ1n) is 13.2. The lowest BCUT2D eigenvalue weighted by molar-refractivity contribution is -0.917. The van der Waals surface area contributed by atoms with Crippen molar-refractivity contribution < 1.29 is 18.8 Å². The van der Waals surface area contributed by atoms with E-state index in [1.807, 2.05) is 43.3 Å². The number of carbonyl (C=O) groups is 1. The summed E-state index contributed by atoms with van der Waals surface area (Å²) in [5.74, 6) is 0.581. The van der Waals surface area contributed by atoms with E-state index in [0.29, 0.717) is 4.48 Å². The number of unbranched alkanes of at least 4 members (excludes halogenated alkanes) is 8. The van der Waals surface area contributed by atoms with Crippen LogP contribution >= 0.6 is 0 Å². The Balaban J connectivity index is 1.71. The van der Waals surface area contributed by atoms with E-state index in [1.165, 1.54) is 62.5 Å². The third-order valence-electron chi connectivity index (χ3n) is 6.76.